The number of hydrogen-bond acceptors (Lipinski definition) is 3. The Morgan fingerprint density at radius 3 is 2.18 bits per heavy atom. The van der Waals surface area contributed by atoms with E-state index in [-0.39, 0.29) is 17.2 Å². The van der Waals surface area contributed by atoms with Crippen LogP contribution in [0.2, 0.25) is 0 Å². The van der Waals surface area contributed by atoms with Crippen molar-refractivity contribution >= 4 is 0 Å². The first-order valence-corrected chi connectivity index (χ1v) is 5.47. The third kappa shape index (κ3) is 1.91. The van der Waals surface area contributed by atoms with Crippen molar-refractivity contribution in [3.63, 3.8) is 0 Å². The van der Waals surface area contributed by atoms with E-state index in [1.54, 1.807) is 0 Å². The number of benzene rings is 2. The maximum Gasteiger partial charge on any atom is 0.161 e. The summed E-state index contributed by atoms with van der Waals surface area (Å²) in [6, 6.07) is 10.5. The van der Waals surface area contributed by atoms with Crippen molar-refractivity contribution < 1.29 is 15.3 Å². The van der Waals surface area contributed by atoms with E-state index >= 15 is 0 Å². The van der Waals surface area contributed by atoms with E-state index in [1.165, 1.54) is 0 Å². The molecule has 0 aromatic heterocycles. The standard InChI is InChI=1S/C14H14O3/c1-2-10-13(9-6-4-3-5-7-9)11(15)8-12(16)14(10)17/h3-8,15-17H,2H2,1H3. The summed E-state index contributed by atoms with van der Waals surface area (Å²) < 4.78 is 0. The number of rotatable bonds is 2. The van der Waals surface area contributed by atoms with Gasteiger partial charge in [0.2, 0.25) is 0 Å². The van der Waals surface area contributed by atoms with Crippen molar-refractivity contribution in [1.29, 1.82) is 0 Å². The largest absolute Gasteiger partial charge is 0.507 e. The van der Waals surface area contributed by atoms with E-state index in [0.29, 0.717) is 17.5 Å². The fraction of sp³-hybridized carbons (Fsp3) is 0.143. The number of aromatic hydroxyl groups is 3. The first-order chi connectivity index (χ1) is 8.15. The monoisotopic (exact) mass is 230 g/mol. The molecule has 0 fully saturated rings. The van der Waals surface area contributed by atoms with Gasteiger partial charge in [0.25, 0.3) is 0 Å². The van der Waals surface area contributed by atoms with Crippen molar-refractivity contribution in [1.82, 2.24) is 0 Å². The molecule has 3 nitrogen and oxygen atoms in total. The number of hydrogen-bond donors (Lipinski definition) is 3. The predicted molar refractivity (Wildman–Crippen MR) is 66.3 cm³/mol. The van der Waals surface area contributed by atoms with Crippen LogP contribution in [0, 0.1) is 0 Å². The van der Waals surface area contributed by atoms with E-state index in [1.807, 2.05) is 37.3 Å². The lowest BCUT2D eigenvalue weighted by Crippen LogP contribution is -1.90. The quantitative estimate of drug-likeness (QED) is 0.549. The van der Waals surface area contributed by atoms with Crippen molar-refractivity contribution in [3.05, 3.63) is 42.0 Å². The fourth-order valence-electron chi connectivity index (χ4n) is 1.97. The van der Waals surface area contributed by atoms with Gasteiger partial charge in [0, 0.05) is 17.2 Å². The maximum absolute atomic E-state index is 9.91. The third-order valence-corrected chi connectivity index (χ3v) is 2.78. The average molecular weight is 230 g/mol. The van der Waals surface area contributed by atoms with E-state index < -0.39 is 0 Å². The first-order valence-electron chi connectivity index (χ1n) is 5.47. The van der Waals surface area contributed by atoms with E-state index in [2.05, 4.69) is 0 Å². The minimum Gasteiger partial charge on any atom is -0.507 e. The van der Waals surface area contributed by atoms with Crippen LogP contribution in [0.4, 0.5) is 0 Å². The Labute approximate surface area is 99.6 Å². The van der Waals surface area contributed by atoms with Crippen molar-refractivity contribution in [3.8, 4) is 28.4 Å². The van der Waals surface area contributed by atoms with E-state index in [4.69, 9.17) is 0 Å². The third-order valence-electron chi connectivity index (χ3n) is 2.78. The Morgan fingerprint density at radius 1 is 0.941 bits per heavy atom. The second kappa shape index (κ2) is 4.37. The van der Waals surface area contributed by atoms with Gasteiger partial charge in [-0.1, -0.05) is 37.3 Å². The Kier molecular flexibility index (Phi) is 2.91. The molecule has 2 rings (SSSR count). The van der Waals surface area contributed by atoms with Crippen LogP contribution < -0.4 is 0 Å². The van der Waals surface area contributed by atoms with Crippen LogP contribution in [0.5, 0.6) is 17.2 Å². The summed E-state index contributed by atoms with van der Waals surface area (Å²) in [5.74, 6) is -0.480. The highest BCUT2D eigenvalue weighted by Gasteiger charge is 2.16. The van der Waals surface area contributed by atoms with Crippen LogP contribution in [0.3, 0.4) is 0 Å². The lowest BCUT2D eigenvalue weighted by atomic mass is 9.96. The smallest absolute Gasteiger partial charge is 0.161 e. The number of phenolic OH excluding ortho intramolecular Hbond substituents is 3. The molecule has 0 saturated carbocycles. The molecule has 88 valence electrons. The average Bonchev–Trinajstić information content (AvgIpc) is 2.34. The summed E-state index contributed by atoms with van der Waals surface area (Å²) in [4.78, 5) is 0. The van der Waals surface area contributed by atoms with Gasteiger partial charge in [0.1, 0.15) is 5.75 Å². The van der Waals surface area contributed by atoms with Crippen LogP contribution in [0.15, 0.2) is 36.4 Å². The van der Waals surface area contributed by atoms with Gasteiger partial charge >= 0.3 is 0 Å². The molecule has 0 aliphatic heterocycles. The van der Waals surface area contributed by atoms with Crippen molar-refractivity contribution in [2.24, 2.45) is 0 Å². The van der Waals surface area contributed by atoms with Crippen LogP contribution in [0.25, 0.3) is 11.1 Å². The molecular formula is C14H14O3. The molecular weight excluding hydrogens is 216 g/mol. The SMILES string of the molecule is CCc1c(O)c(O)cc(O)c1-c1ccccc1. The minimum absolute atomic E-state index is 0.0247. The normalized spacial score (nSPS) is 10.4. The molecule has 0 aliphatic rings. The molecule has 0 bridgehead atoms. The summed E-state index contributed by atoms with van der Waals surface area (Å²) in [6.07, 6.45) is 0.526. The van der Waals surface area contributed by atoms with Crippen LogP contribution in [-0.2, 0) is 6.42 Å². The van der Waals surface area contributed by atoms with Gasteiger partial charge in [-0.05, 0) is 12.0 Å². The lowest BCUT2D eigenvalue weighted by Gasteiger charge is -2.13. The van der Waals surface area contributed by atoms with Gasteiger partial charge in [-0.2, -0.15) is 0 Å². The van der Waals surface area contributed by atoms with Gasteiger partial charge in [0.15, 0.2) is 11.5 Å². The van der Waals surface area contributed by atoms with Gasteiger partial charge in [-0.15, -0.1) is 0 Å². The number of phenols is 3. The molecule has 3 N–H and O–H groups in total. The summed E-state index contributed by atoms with van der Waals surface area (Å²) in [5.41, 5.74) is 1.94. The highest BCUT2D eigenvalue weighted by molar-refractivity contribution is 5.78. The Hall–Kier alpha value is -2.16. The summed E-state index contributed by atoms with van der Waals surface area (Å²) in [6.45, 7) is 1.86. The zero-order chi connectivity index (χ0) is 12.4. The highest BCUT2D eigenvalue weighted by Crippen LogP contribution is 2.43. The Balaban J connectivity index is 2.73. The second-order valence-electron chi connectivity index (χ2n) is 3.84. The maximum atomic E-state index is 9.91. The molecule has 3 heteroatoms. The van der Waals surface area contributed by atoms with E-state index in [9.17, 15) is 15.3 Å². The summed E-state index contributed by atoms with van der Waals surface area (Å²) in [7, 11) is 0. The van der Waals surface area contributed by atoms with Gasteiger partial charge in [0.05, 0.1) is 0 Å². The Bertz CT molecular complexity index is 533. The molecule has 0 spiro atoms. The van der Waals surface area contributed by atoms with Gasteiger partial charge in [-0.3, -0.25) is 0 Å². The topological polar surface area (TPSA) is 60.7 Å². The molecule has 2 aromatic rings. The molecule has 0 aliphatic carbocycles. The van der Waals surface area contributed by atoms with Crippen molar-refractivity contribution in [2.45, 2.75) is 13.3 Å². The molecule has 0 unspecified atom stereocenters. The minimum atomic E-state index is -0.293. The first kappa shape index (κ1) is 11.3. The molecule has 0 amide bonds. The molecule has 2 aromatic carbocycles. The van der Waals surface area contributed by atoms with Crippen LogP contribution in [-0.4, -0.2) is 15.3 Å². The second-order valence-corrected chi connectivity index (χ2v) is 3.84. The molecule has 0 atom stereocenters. The Morgan fingerprint density at radius 2 is 1.59 bits per heavy atom. The molecule has 0 heterocycles. The molecule has 0 saturated heterocycles. The van der Waals surface area contributed by atoms with Crippen LogP contribution >= 0.6 is 0 Å². The van der Waals surface area contributed by atoms with Crippen LogP contribution in [0.1, 0.15) is 12.5 Å². The van der Waals surface area contributed by atoms with Crippen molar-refractivity contribution in [2.75, 3.05) is 0 Å². The highest BCUT2D eigenvalue weighted by atomic mass is 16.3. The zero-order valence-corrected chi connectivity index (χ0v) is 9.51. The summed E-state index contributed by atoms with van der Waals surface area (Å²) >= 11 is 0. The zero-order valence-electron chi connectivity index (χ0n) is 9.51. The molecule has 17 heavy (non-hydrogen) atoms. The fourth-order valence-corrected chi connectivity index (χ4v) is 1.97. The summed E-state index contributed by atoms with van der Waals surface area (Å²) in [5, 5.41) is 29.2. The van der Waals surface area contributed by atoms with E-state index in [0.717, 1.165) is 11.6 Å². The van der Waals surface area contributed by atoms with Gasteiger partial charge in [-0.25, -0.2) is 0 Å². The lowest BCUT2D eigenvalue weighted by molar-refractivity contribution is 0.393. The molecule has 0 radical (unpaired) electrons. The predicted octanol–water partition coefficient (Wildman–Crippen LogP) is 3.03. The van der Waals surface area contributed by atoms with Gasteiger partial charge < -0.3 is 15.3 Å².